The summed E-state index contributed by atoms with van der Waals surface area (Å²) in [6.07, 6.45) is 6.52. The standard InChI is InChI=1S/C27H28N2/c1-5-13-21(14-6-1)25-26(22-15-7-2-8-16-22)29(24-19-11-4-12-20-24)27(28-25)23-17-9-3-10-18-23/h1-3,5-10,13-18,24-26H,4,11-12,19-20H2/t25-,26-/m0/s1. The van der Waals surface area contributed by atoms with Crippen LogP contribution in [0.5, 0.6) is 0 Å². The van der Waals surface area contributed by atoms with Crippen LogP contribution in [0.4, 0.5) is 0 Å². The zero-order chi connectivity index (χ0) is 19.5. The summed E-state index contributed by atoms with van der Waals surface area (Å²) >= 11 is 0. The number of aliphatic imine (C=N–C) groups is 1. The van der Waals surface area contributed by atoms with Crippen LogP contribution in [0.15, 0.2) is 96.0 Å². The number of benzene rings is 3. The Hall–Kier alpha value is -2.87. The molecule has 2 heteroatoms. The number of hydrogen-bond donors (Lipinski definition) is 0. The molecule has 1 aliphatic carbocycles. The molecule has 0 amide bonds. The first-order valence-electron chi connectivity index (χ1n) is 10.9. The van der Waals surface area contributed by atoms with Gasteiger partial charge in [-0.3, -0.25) is 4.99 Å². The number of rotatable bonds is 4. The second-order valence-corrected chi connectivity index (χ2v) is 8.23. The number of amidine groups is 1. The molecule has 1 saturated carbocycles. The molecule has 2 aliphatic rings. The smallest absolute Gasteiger partial charge is 0.132 e. The molecule has 1 heterocycles. The topological polar surface area (TPSA) is 15.6 Å². The first-order chi connectivity index (χ1) is 14.4. The summed E-state index contributed by atoms with van der Waals surface area (Å²) in [5.41, 5.74) is 3.90. The third-order valence-corrected chi connectivity index (χ3v) is 6.39. The average Bonchev–Trinajstić information content (AvgIpc) is 3.22. The third kappa shape index (κ3) is 3.60. The maximum absolute atomic E-state index is 5.39. The van der Waals surface area contributed by atoms with Gasteiger partial charge in [0.2, 0.25) is 0 Å². The molecule has 3 aromatic carbocycles. The Morgan fingerprint density at radius 2 is 1.17 bits per heavy atom. The van der Waals surface area contributed by atoms with Gasteiger partial charge in [0.05, 0.1) is 6.04 Å². The van der Waals surface area contributed by atoms with Crippen LogP contribution in [0.3, 0.4) is 0 Å². The molecule has 0 saturated heterocycles. The van der Waals surface area contributed by atoms with Crippen molar-refractivity contribution in [3.63, 3.8) is 0 Å². The van der Waals surface area contributed by atoms with Gasteiger partial charge in [0.1, 0.15) is 11.9 Å². The lowest BCUT2D eigenvalue weighted by atomic mass is 9.88. The van der Waals surface area contributed by atoms with Crippen molar-refractivity contribution < 1.29 is 0 Å². The van der Waals surface area contributed by atoms with Crippen molar-refractivity contribution in [2.24, 2.45) is 4.99 Å². The molecular weight excluding hydrogens is 352 g/mol. The summed E-state index contributed by atoms with van der Waals surface area (Å²) in [7, 11) is 0. The van der Waals surface area contributed by atoms with Crippen LogP contribution >= 0.6 is 0 Å². The van der Waals surface area contributed by atoms with Gasteiger partial charge < -0.3 is 4.90 Å². The molecule has 146 valence electrons. The second-order valence-electron chi connectivity index (χ2n) is 8.23. The minimum Gasteiger partial charge on any atom is -0.344 e. The molecule has 29 heavy (non-hydrogen) atoms. The second kappa shape index (κ2) is 8.24. The van der Waals surface area contributed by atoms with Gasteiger partial charge in [0, 0.05) is 11.6 Å². The maximum atomic E-state index is 5.39. The molecular formula is C27H28N2. The van der Waals surface area contributed by atoms with Crippen molar-refractivity contribution in [3.8, 4) is 0 Å². The van der Waals surface area contributed by atoms with Gasteiger partial charge in [-0.25, -0.2) is 0 Å². The first kappa shape index (κ1) is 18.2. The Balaban J connectivity index is 1.65. The normalized spacial score (nSPS) is 22.5. The predicted octanol–water partition coefficient (Wildman–Crippen LogP) is 6.56. The van der Waals surface area contributed by atoms with Crippen molar-refractivity contribution in [2.45, 2.75) is 50.2 Å². The minimum absolute atomic E-state index is 0.121. The van der Waals surface area contributed by atoms with E-state index >= 15 is 0 Å². The summed E-state index contributed by atoms with van der Waals surface area (Å²) in [6, 6.07) is 33.5. The lowest BCUT2D eigenvalue weighted by molar-refractivity contribution is 0.191. The van der Waals surface area contributed by atoms with Gasteiger partial charge >= 0.3 is 0 Å². The molecule has 2 atom stereocenters. The van der Waals surface area contributed by atoms with Crippen molar-refractivity contribution in [1.82, 2.24) is 4.90 Å². The monoisotopic (exact) mass is 380 g/mol. The number of hydrogen-bond acceptors (Lipinski definition) is 2. The van der Waals surface area contributed by atoms with Crippen molar-refractivity contribution >= 4 is 5.84 Å². The Morgan fingerprint density at radius 3 is 1.79 bits per heavy atom. The van der Waals surface area contributed by atoms with E-state index in [4.69, 9.17) is 4.99 Å². The highest BCUT2D eigenvalue weighted by molar-refractivity contribution is 6.00. The van der Waals surface area contributed by atoms with Crippen molar-refractivity contribution in [1.29, 1.82) is 0 Å². The van der Waals surface area contributed by atoms with Crippen molar-refractivity contribution in [3.05, 3.63) is 108 Å². The van der Waals surface area contributed by atoms with E-state index < -0.39 is 0 Å². The summed E-state index contributed by atoms with van der Waals surface area (Å²) < 4.78 is 0. The molecule has 3 aromatic rings. The van der Waals surface area contributed by atoms with Crippen LogP contribution in [0.1, 0.15) is 60.9 Å². The summed E-state index contributed by atoms with van der Waals surface area (Å²) in [5.74, 6) is 1.17. The Bertz CT molecular complexity index is 944. The summed E-state index contributed by atoms with van der Waals surface area (Å²) in [4.78, 5) is 8.05. The summed E-state index contributed by atoms with van der Waals surface area (Å²) in [5, 5.41) is 0. The lowest BCUT2D eigenvalue weighted by Gasteiger charge is -2.39. The van der Waals surface area contributed by atoms with E-state index in [1.54, 1.807) is 0 Å². The fourth-order valence-electron chi connectivity index (χ4n) is 5.02. The fraction of sp³-hybridized carbons (Fsp3) is 0.296. The lowest BCUT2D eigenvalue weighted by Crippen LogP contribution is -2.42. The SMILES string of the molecule is c1ccc(C2=N[C@@H](c3ccccc3)[C@H](c3ccccc3)N2C2CCCCC2)cc1. The van der Waals surface area contributed by atoms with E-state index in [9.17, 15) is 0 Å². The third-order valence-electron chi connectivity index (χ3n) is 6.39. The minimum atomic E-state index is 0.121. The maximum Gasteiger partial charge on any atom is 0.132 e. The van der Waals surface area contributed by atoms with Crippen LogP contribution in [0.25, 0.3) is 0 Å². The van der Waals surface area contributed by atoms with Crippen LogP contribution < -0.4 is 0 Å². The Kier molecular flexibility index (Phi) is 5.17. The average molecular weight is 381 g/mol. The highest BCUT2D eigenvalue weighted by Gasteiger charge is 2.42. The van der Waals surface area contributed by atoms with E-state index in [2.05, 4.69) is 95.9 Å². The molecule has 0 radical (unpaired) electrons. The van der Waals surface area contributed by atoms with E-state index in [0.717, 1.165) is 0 Å². The van der Waals surface area contributed by atoms with Gasteiger partial charge in [-0.2, -0.15) is 0 Å². The molecule has 0 aromatic heterocycles. The van der Waals surface area contributed by atoms with Crippen LogP contribution in [0, 0.1) is 0 Å². The van der Waals surface area contributed by atoms with E-state index in [0.29, 0.717) is 6.04 Å². The predicted molar refractivity (Wildman–Crippen MR) is 120 cm³/mol. The molecule has 5 rings (SSSR count). The van der Waals surface area contributed by atoms with Crippen LogP contribution in [0.2, 0.25) is 0 Å². The van der Waals surface area contributed by atoms with Gasteiger partial charge in [-0.1, -0.05) is 110 Å². The quantitative estimate of drug-likeness (QED) is 0.500. The van der Waals surface area contributed by atoms with Gasteiger partial charge in [-0.05, 0) is 24.0 Å². The zero-order valence-electron chi connectivity index (χ0n) is 16.8. The zero-order valence-corrected chi connectivity index (χ0v) is 16.8. The highest BCUT2D eigenvalue weighted by Crippen LogP contribution is 2.46. The molecule has 0 bridgehead atoms. The number of nitrogens with zero attached hydrogens (tertiary/aromatic N) is 2. The van der Waals surface area contributed by atoms with E-state index in [1.165, 1.54) is 54.6 Å². The Labute approximate surface area is 173 Å². The summed E-state index contributed by atoms with van der Waals surface area (Å²) in [6.45, 7) is 0. The highest BCUT2D eigenvalue weighted by atomic mass is 15.3. The van der Waals surface area contributed by atoms with Crippen molar-refractivity contribution in [2.75, 3.05) is 0 Å². The largest absolute Gasteiger partial charge is 0.344 e. The molecule has 0 N–H and O–H groups in total. The van der Waals surface area contributed by atoms with E-state index in [-0.39, 0.29) is 12.1 Å². The van der Waals surface area contributed by atoms with Crippen LogP contribution in [-0.4, -0.2) is 16.8 Å². The first-order valence-corrected chi connectivity index (χ1v) is 10.9. The molecule has 0 unspecified atom stereocenters. The van der Waals surface area contributed by atoms with Gasteiger partial charge in [0.15, 0.2) is 0 Å². The fourth-order valence-corrected chi connectivity index (χ4v) is 5.02. The van der Waals surface area contributed by atoms with Gasteiger partial charge in [0.25, 0.3) is 0 Å². The molecule has 0 spiro atoms. The Morgan fingerprint density at radius 1 is 0.621 bits per heavy atom. The van der Waals surface area contributed by atoms with E-state index in [1.807, 2.05) is 0 Å². The van der Waals surface area contributed by atoms with Gasteiger partial charge in [-0.15, -0.1) is 0 Å². The molecule has 1 fully saturated rings. The molecule has 1 aliphatic heterocycles. The molecule has 2 nitrogen and oxygen atoms in total. The van der Waals surface area contributed by atoms with Crippen LogP contribution in [-0.2, 0) is 0 Å².